The summed E-state index contributed by atoms with van der Waals surface area (Å²) < 4.78 is 5.19. The largest absolute Gasteiger partial charge is 0.337 e. The zero-order valence-electron chi connectivity index (χ0n) is 14.6. The van der Waals surface area contributed by atoms with Crippen molar-refractivity contribution in [3.8, 4) is 0 Å². The second kappa shape index (κ2) is 6.96. The van der Waals surface area contributed by atoms with Crippen molar-refractivity contribution in [2.24, 2.45) is 0 Å². The molecular formula is C19H24N4O2. The van der Waals surface area contributed by atoms with Gasteiger partial charge in [0.05, 0.1) is 6.04 Å². The summed E-state index contributed by atoms with van der Waals surface area (Å²) in [5.74, 6) is 1.28. The number of likely N-dealkylation sites (tertiary alicyclic amines) is 1. The number of nitrogens with one attached hydrogen (secondary N) is 1. The van der Waals surface area contributed by atoms with Gasteiger partial charge in [-0.1, -0.05) is 29.4 Å². The second-order valence-electron chi connectivity index (χ2n) is 7.08. The molecular weight excluding hydrogens is 316 g/mol. The highest BCUT2D eigenvalue weighted by atomic mass is 16.5. The molecule has 2 aliphatic rings. The summed E-state index contributed by atoms with van der Waals surface area (Å²) >= 11 is 0. The molecule has 0 saturated carbocycles. The Morgan fingerprint density at radius 2 is 2.00 bits per heavy atom. The fourth-order valence-corrected chi connectivity index (χ4v) is 3.95. The van der Waals surface area contributed by atoms with Crippen LogP contribution in [0.4, 0.5) is 0 Å². The molecule has 0 radical (unpaired) electrons. The van der Waals surface area contributed by atoms with Crippen LogP contribution in [0.3, 0.4) is 0 Å². The van der Waals surface area contributed by atoms with Crippen molar-refractivity contribution in [2.75, 3.05) is 6.54 Å². The molecule has 1 atom stereocenters. The van der Waals surface area contributed by atoms with Crippen molar-refractivity contribution in [1.29, 1.82) is 0 Å². The smallest absolute Gasteiger partial charge is 0.246 e. The number of aryl methyl sites for hydroxylation is 1. The maximum absolute atomic E-state index is 13.0. The number of aromatic nitrogens is 2. The Kier molecular flexibility index (Phi) is 4.53. The SMILES string of the molecule is Cc1noc(CN2CCCCC(NC3Cc4ccccc4C3)C2=O)n1. The van der Waals surface area contributed by atoms with Gasteiger partial charge in [-0.25, -0.2) is 0 Å². The highest BCUT2D eigenvalue weighted by molar-refractivity contribution is 5.82. The molecule has 2 aromatic rings. The van der Waals surface area contributed by atoms with Crippen LogP contribution in [0.2, 0.25) is 0 Å². The third-order valence-corrected chi connectivity index (χ3v) is 5.16. The Labute approximate surface area is 147 Å². The lowest BCUT2D eigenvalue weighted by Gasteiger charge is -2.26. The second-order valence-corrected chi connectivity index (χ2v) is 7.08. The van der Waals surface area contributed by atoms with Crippen LogP contribution < -0.4 is 5.32 Å². The number of hydrogen-bond acceptors (Lipinski definition) is 5. The van der Waals surface area contributed by atoms with E-state index in [1.807, 2.05) is 4.90 Å². The molecule has 6 nitrogen and oxygen atoms in total. The molecule has 1 saturated heterocycles. The zero-order chi connectivity index (χ0) is 17.2. The lowest BCUT2D eigenvalue weighted by molar-refractivity contribution is -0.134. The van der Waals surface area contributed by atoms with E-state index in [9.17, 15) is 4.79 Å². The summed E-state index contributed by atoms with van der Waals surface area (Å²) in [5, 5.41) is 7.43. The standard InChI is InChI=1S/C19H24N4O2/c1-13-20-18(25-22-13)12-23-9-5-4-8-17(19(23)24)21-16-10-14-6-2-3-7-15(14)11-16/h2-3,6-7,16-17,21H,4-5,8-12H2,1H3. The summed E-state index contributed by atoms with van der Waals surface area (Å²) in [6.45, 7) is 2.95. The van der Waals surface area contributed by atoms with Gasteiger partial charge in [-0.3, -0.25) is 4.79 Å². The van der Waals surface area contributed by atoms with E-state index >= 15 is 0 Å². The molecule has 4 rings (SSSR count). The summed E-state index contributed by atoms with van der Waals surface area (Å²) in [7, 11) is 0. The lowest BCUT2D eigenvalue weighted by atomic mass is 10.1. The molecule has 1 aromatic heterocycles. The van der Waals surface area contributed by atoms with Gasteiger partial charge >= 0.3 is 0 Å². The van der Waals surface area contributed by atoms with Crippen LogP contribution >= 0.6 is 0 Å². The number of nitrogens with zero attached hydrogens (tertiary/aromatic N) is 3. The van der Waals surface area contributed by atoms with Gasteiger partial charge in [-0.05, 0) is 50.2 Å². The number of carbonyl (C=O) groups is 1. The Hall–Kier alpha value is -2.21. The van der Waals surface area contributed by atoms with Crippen molar-refractivity contribution in [2.45, 2.75) is 57.7 Å². The Bertz CT molecular complexity index is 732. The molecule has 25 heavy (non-hydrogen) atoms. The number of amides is 1. The first-order valence-corrected chi connectivity index (χ1v) is 9.10. The average Bonchev–Trinajstić information content (AvgIpc) is 3.16. The molecule has 1 unspecified atom stereocenters. The molecule has 0 spiro atoms. The van der Waals surface area contributed by atoms with Crippen LogP contribution in [0.25, 0.3) is 0 Å². The summed E-state index contributed by atoms with van der Waals surface area (Å²) in [6.07, 6.45) is 4.97. The molecule has 1 N–H and O–H groups in total. The highest BCUT2D eigenvalue weighted by Gasteiger charge is 2.31. The van der Waals surface area contributed by atoms with E-state index in [1.54, 1.807) is 6.92 Å². The average molecular weight is 340 g/mol. The summed E-state index contributed by atoms with van der Waals surface area (Å²) in [4.78, 5) is 19.1. The minimum absolute atomic E-state index is 0.120. The molecule has 0 bridgehead atoms. The number of rotatable bonds is 4. The van der Waals surface area contributed by atoms with Crippen molar-refractivity contribution in [3.05, 3.63) is 47.1 Å². The monoisotopic (exact) mass is 340 g/mol. The maximum atomic E-state index is 13.0. The van der Waals surface area contributed by atoms with Gasteiger partial charge < -0.3 is 14.7 Å². The number of carbonyl (C=O) groups excluding carboxylic acids is 1. The third-order valence-electron chi connectivity index (χ3n) is 5.16. The normalized spacial score (nSPS) is 21.4. The fourth-order valence-electron chi connectivity index (χ4n) is 3.95. The predicted molar refractivity (Wildman–Crippen MR) is 92.9 cm³/mol. The first kappa shape index (κ1) is 16.3. The van der Waals surface area contributed by atoms with E-state index in [1.165, 1.54) is 11.1 Å². The van der Waals surface area contributed by atoms with E-state index in [0.29, 0.717) is 24.3 Å². The Balaban J connectivity index is 1.41. The molecule has 6 heteroatoms. The first-order chi connectivity index (χ1) is 12.2. The van der Waals surface area contributed by atoms with Gasteiger partial charge in [0.1, 0.15) is 6.54 Å². The van der Waals surface area contributed by atoms with Crippen LogP contribution in [0.5, 0.6) is 0 Å². The lowest BCUT2D eigenvalue weighted by Crippen LogP contribution is -2.49. The molecule has 1 aromatic carbocycles. The van der Waals surface area contributed by atoms with Crippen LogP contribution in [0.1, 0.15) is 42.1 Å². The molecule has 2 heterocycles. The number of hydrogen-bond donors (Lipinski definition) is 1. The van der Waals surface area contributed by atoms with Gasteiger partial charge in [-0.15, -0.1) is 0 Å². The number of benzene rings is 1. The topological polar surface area (TPSA) is 71.3 Å². The van der Waals surface area contributed by atoms with Crippen LogP contribution in [-0.4, -0.2) is 39.6 Å². The van der Waals surface area contributed by atoms with Crippen LogP contribution in [0.15, 0.2) is 28.8 Å². The highest BCUT2D eigenvalue weighted by Crippen LogP contribution is 2.23. The van der Waals surface area contributed by atoms with Gasteiger partial charge in [0, 0.05) is 12.6 Å². The van der Waals surface area contributed by atoms with E-state index < -0.39 is 0 Å². The molecule has 1 fully saturated rings. The van der Waals surface area contributed by atoms with Gasteiger partial charge in [-0.2, -0.15) is 4.98 Å². The molecule has 132 valence electrons. The quantitative estimate of drug-likeness (QED) is 0.922. The number of fused-ring (bicyclic) bond motifs is 1. The maximum Gasteiger partial charge on any atom is 0.246 e. The van der Waals surface area contributed by atoms with Gasteiger partial charge in [0.2, 0.25) is 11.8 Å². The summed E-state index contributed by atoms with van der Waals surface area (Å²) in [5.41, 5.74) is 2.80. The minimum atomic E-state index is -0.120. The minimum Gasteiger partial charge on any atom is -0.337 e. The van der Waals surface area contributed by atoms with Gasteiger partial charge in [0.15, 0.2) is 5.82 Å². The van der Waals surface area contributed by atoms with Crippen LogP contribution in [0, 0.1) is 6.92 Å². The molecule has 1 aliphatic heterocycles. The third kappa shape index (κ3) is 3.58. The van der Waals surface area contributed by atoms with Crippen molar-refractivity contribution < 1.29 is 9.32 Å². The van der Waals surface area contributed by atoms with E-state index in [2.05, 4.69) is 39.7 Å². The van der Waals surface area contributed by atoms with E-state index in [0.717, 1.165) is 38.6 Å². The fraction of sp³-hybridized carbons (Fsp3) is 0.526. The van der Waals surface area contributed by atoms with E-state index in [-0.39, 0.29) is 11.9 Å². The molecule has 1 aliphatic carbocycles. The Morgan fingerprint density at radius 3 is 2.68 bits per heavy atom. The van der Waals surface area contributed by atoms with Crippen molar-refractivity contribution >= 4 is 5.91 Å². The summed E-state index contributed by atoms with van der Waals surface area (Å²) in [6, 6.07) is 8.78. The first-order valence-electron chi connectivity index (χ1n) is 9.10. The van der Waals surface area contributed by atoms with Gasteiger partial charge in [0.25, 0.3) is 0 Å². The molecule has 1 amide bonds. The van der Waals surface area contributed by atoms with Crippen molar-refractivity contribution in [1.82, 2.24) is 20.4 Å². The predicted octanol–water partition coefficient (Wildman–Crippen LogP) is 2.02. The Morgan fingerprint density at radius 1 is 1.24 bits per heavy atom. The zero-order valence-corrected chi connectivity index (χ0v) is 14.6. The van der Waals surface area contributed by atoms with Crippen LogP contribution in [-0.2, 0) is 24.2 Å². The van der Waals surface area contributed by atoms with Crippen molar-refractivity contribution in [3.63, 3.8) is 0 Å². The van der Waals surface area contributed by atoms with E-state index in [4.69, 9.17) is 4.52 Å².